The molecular weight excluding hydrogens is 264 g/mol. The van der Waals surface area contributed by atoms with Crippen molar-refractivity contribution in [3.8, 4) is 0 Å². The fourth-order valence-electron chi connectivity index (χ4n) is 5.50. The molecule has 0 aromatic carbocycles. The highest BCUT2D eigenvalue weighted by Gasteiger charge is 2.42. The third-order valence-electron chi connectivity index (χ3n) is 7.22. The van der Waals surface area contributed by atoms with E-state index in [4.69, 9.17) is 0 Å². The normalized spacial score (nSPS) is 39.4. The molecule has 1 aliphatic rings. The molecule has 3 unspecified atom stereocenters. The van der Waals surface area contributed by atoms with Gasteiger partial charge in [-0.3, -0.25) is 0 Å². The molecule has 0 aromatic heterocycles. The third kappa shape index (κ3) is 5.00. The molecule has 1 aliphatic carbocycles. The molecule has 0 spiro atoms. The first-order valence-corrected chi connectivity index (χ1v) is 9.91. The van der Waals surface area contributed by atoms with Crippen LogP contribution in [0.4, 0.5) is 0 Å². The molecule has 0 bridgehead atoms. The molecule has 1 fully saturated rings. The fraction of sp³-hybridized carbons (Fsp3) is 1.00. The van der Waals surface area contributed by atoms with Gasteiger partial charge in [0.1, 0.15) is 0 Å². The molecule has 0 aromatic rings. The molecule has 1 rings (SSSR count). The monoisotopic (exact) mass is 308 g/mol. The zero-order valence-electron chi connectivity index (χ0n) is 17.2. The molecule has 0 aliphatic heterocycles. The van der Waals surface area contributed by atoms with Crippen LogP contribution in [-0.2, 0) is 0 Å². The Balaban J connectivity index is 3.17. The van der Waals surface area contributed by atoms with E-state index in [9.17, 15) is 0 Å². The van der Waals surface area contributed by atoms with Crippen LogP contribution in [0.1, 0.15) is 114 Å². The summed E-state index contributed by atoms with van der Waals surface area (Å²) in [5.74, 6) is 0.854. The summed E-state index contributed by atoms with van der Waals surface area (Å²) in [4.78, 5) is 0. The molecule has 0 N–H and O–H groups in total. The Hall–Kier alpha value is 0. The number of hydrogen-bond donors (Lipinski definition) is 0. The van der Waals surface area contributed by atoms with E-state index in [-0.39, 0.29) is 0 Å². The second kappa shape index (κ2) is 6.86. The smallest absolute Gasteiger partial charge is 0.0321 e. The van der Waals surface area contributed by atoms with Crippen molar-refractivity contribution in [3.05, 3.63) is 0 Å². The van der Waals surface area contributed by atoms with Gasteiger partial charge in [-0.1, -0.05) is 81.6 Å². The average Bonchev–Trinajstić information content (AvgIpc) is 2.41. The molecule has 0 heterocycles. The van der Waals surface area contributed by atoms with Crippen molar-refractivity contribution >= 4 is 0 Å². The van der Waals surface area contributed by atoms with Crippen LogP contribution >= 0.6 is 0 Å². The summed E-state index contributed by atoms with van der Waals surface area (Å²) >= 11 is 0. The van der Waals surface area contributed by atoms with Gasteiger partial charge in [0.2, 0.25) is 0 Å². The summed E-state index contributed by atoms with van der Waals surface area (Å²) in [6, 6.07) is 0. The van der Waals surface area contributed by atoms with Crippen molar-refractivity contribution in [2.24, 2.45) is 27.6 Å². The maximum Gasteiger partial charge on any atom is -0.0321 e. The van der Waals surface area contributed by atoms with Gasteiger partial charge in [0.15, 0.2) is 0 Å². The third-order valence-corrected chi connectivity index (χ3v) is 7.22. The Morgan fingerprint density at radius 2 is 1.18 bits per heavy atom. The summed E-state index contributed by atoms with van der Waals surface area (Å²) in [5.41, 5.74) is 1.99. The van der Waals surface area contributed by atoms with Crippen LogP contribution in [0.15, 0.2) is 0 Å². The van der Waals surface area contributed by atoms with E-state index in [1.54, 1.807) is 0 Å². The summed E-state index contributed by atoms with van der Waals surface area (Å²) in [6.07, 6.45) is 11.0. The number of hydrogen-bond acceptors (Lipinski definition) is 0. The molecule has 3 atom stereocenters. The van der Waals surface area contributed by atoms with Crippen molar-refractivity contribution < 1.29 is 0 Å². The van der Waals surface area contributed by atoms with E-state index >= 15 is 0 Å². The van der Waals surface area contributed by atoms with Gasteiger partial charge < -0.3 is 0 Å². The van der Waals surface area contributed by atoms with Crippen LogP contribution in [0.2, 0.25) is 0 Å². The predicted molar refractivity (Wildman–Crippen MR) is 101 cm³/mol. The highest BCUT2D eigenvalue weighted by Crippen LogP contribution is 2.53. The summed E-state index contributed by atoms with van der Waals surface area (Å²) < 4.78 is 0. The average molecular weight is 309 g/mol. The first kappa shape index (κ1) is 20.0. The SMILES string of the molecule is CCC1CC(C)(C)CC(C)(CC)CCC(C)(CC)CC1(C)C. The van der Waals surface area contributed by atoms with Crippen LogP contribution < -0.4 is 0 Å². The van der Waals surface area contributed by atoms with E-state index in [1.165, 1.54) is 51.4 Å². The van der Waals surface area contributed by atoms with Gasteiger partial charge in [0.25, 0.3) is 0 Å². The topological polar surface area (TPSA) is 0 Å². The molecule has 0 saturated heterocycles. The molecule has 0 heteroatoms. The van der Waals surface area contributed by atoms with E-state index in [2.05, 4.69) is 62.3 Å². The standard InChI is InChI=1S/C22H44/c1-10-18-15-19(4,5)16-21(8,11-2)13-14-22(9,12-3)17-20(18,6)7/h18H,10-17H2,1-9H3. The lowest BCUT2D eigenvalue weighted by Crippen LogP contribution is -2.38. The Morgan fingerprint density at radius 3 is 1.59 bits per heavy atom. The van der Waals surface area contributed by atoms with Crippen LogP contribution in [-0.4, -0.2) is 0 Å². The predicted octanol–water partition coefficient (Wildman–Crippen LogP) is 7.86. The lowest BCUT2D eigenvalue weighted by Gasteiger charge is -2.49. The summed E-state index contributed by atoms with van der Waals surface area (Å²) in [6.45, 7) is 22.5. The Bertz CT molecular complexity index is 351. The zero-order valence-corrected chi connectivity index (χ0v) is 17.2. The van der Waals surface area contributed by atoms with Crippen LogP contribution in [0.25, 0.3) is 0 Å². The second-order valence-corrected chi connectivity index (χ2v) is 10.6. The zero-order chi connectivity index (χ0) is 17.2. The van der Waals surface area contributed by atoms with E-state index in [0.29, 0.717) is 21.7 Å². The molecule has 0 radical (unpaired) electrons. The maximum atomic E-state index is 2.56. The molecule has 0 amide bonds. The second-order valence-electron chi connectivity index (χ2n) is 10.6. The Labute approximate surface area is 141 Å². The summed E-state index contributed by atoms with van der Waals surface area (Å²) in [7, 11) is 0. The van der Waals surface area contributed by atoms with Crippen LogP contribution in [0, 0.1) is 27.6 Å². The fourth-order valence-corrected chi connectivity index (χ4v) is 5.50. The minimum Gasteiger partial charge on any atom is -0.0651 e. The first-order valence-electron chi connectivity index (χ1n) is 9.91. The quantitative estimate of drug-likeness (QED) is 0.497. The van der Waals surface area contributed by atoms with Gasteiger partial charge in [0, 0.05) is 0 Å². The van der Waals surface area contributed by atoms with Crippen molar-refractivity contribution in [1.82, 2.24) is 0 Å². The van der Waals surface area contributed by atoms with Gasteiger partial charge in [-0.15, -0.1) is 0 Å². The highest BCUT2D eigenvalue weighted by molar-refractivity contribution is 4.93. The van der Waals surface area contributed by atoms with E-state index < -0.39 is 0 Å². The van der Waals surface area contributed by atoms with Gasteiger partial charge in [-0.25, -0.2) is 0 Å². The molecule has 22 heavy (non-hydrogen) atoms. The van der Waals surface area contributed by atoms with Gasteiger partial charge in [0.05, 0.1) is 0 Å². The lowest BCUT2D eigenvalue weighted by atomic mass is 9.56. The molecule has 0 nitrogen and oxygen atoms in total. The maximum absolute atomic E-state index is 2.56. The molecule has 132 valence electrons. The van der Waals surface area contributed by atoms with Crippen molar-refractivity contribution in [1.29, 1.82) is 0 Å². The van der Waals surface area contributed by atoms with E-state index in [1.807, 2.05) is 0 Å². The van der Waals surface area contributed by atoms with E-state index in [0.717, 1.165) is 5.92 Å². The summed E-state index contributed by atoms with van der Waals surface area (Å²) in [5, 5.41) is 0. The Kier molecular flexibility index (Phi) is 6.25. The Morgan fingerprint density at radius 1 is 0.727 bits per heavy atom. The van der Waals surface area contributed by atoms with Crippen molar-refractivity contribution in [2.45, 2.75) is 114 Å². The molecular formula is C22H44. The lowest BCUT2D eigenvalue weighted by molar-refractivity contribution is 0.0201. The minimum absolute atomic E-state index is 0.469. The highest BCUT2D eigenvalue weighted by atomic mass is 14.5. The number of rotatable bonds is 3. The van der Waals surface area contributed by atoms with Crippen LogP contribution in [0.5, 0.6) is 0 Å². The van der Waals surface area contributed by atoms with Crippen LogP contribution in [0.3, 0.4) is 0 Å². The minimum atomic E-state index is 0.469. The van der Waals surface area contributed by atoms with Gasteiger partial charge >= 0.3 is 0 Å². The molecule has 1 saturated carbocycles. The van der Waals surface area contributed by atoms with Gasteiger partial charge in [-0.2, -0.15) is 0 Å². The van der Waals surface area contributed by atoms with Gasteiger partial charge in [-0.05, 0) is 59.7 Å². The van der Waals surface area contributed by atoms with Crippen molar-refractivity contribution in [2.75, 3.05) is 0 Å². The first-order chi connectivity index (χ1) is 9.91. The van der Waals surface area contributed by atoms with Crippen molar-refractivity contribution in [3.63, 3.8) is 0 Å². The largest absolute Gasteiger partial charge is 0.0651 e.